The van der Waals surface area contributed by atoms with Crippen molar-refractivity contribution >= 4 is 23.2 Å². The quantitative estimate of drug-likeness (QED) is 0.877. The summed E-state index contributed by atoms with van der Waals surface area (Å²) >= 11 is 6.16. The van der Waals surface area contributed by atoms with E-state index >= 15 is 0 Å². The monoisotopic (exact) mass is 337 g/mol. The summed E-state index contributed by atoms with van der Waals surface area (Å²) in [6.07, 6.45) is 0. The first-order valence-corrected chi connectivity index (χ1v) is 7.42. The van der Waals surface area contributed by atoms with Gasteiger partial charge in [-0.15, -0.1) is 0 Å². The molecule has 0 aliphatic rings. The number of anilines is 1. The average molecular weight is 338 g/mol. The zero-order valence-electron chi connectivity index (χ0n) is 13.1. The molecule has 1 N–H and O–H groups in total. The Hall–Kier alpha value is -2.27. The molecule has 0 aromatic heterocycles. The normalized spacial score (nSPS) is 10.3. The van der Waals surface area contributed by atoms with Gasteiger partial charge in [0.05, 0.1) is 18.7 Å². The summed E-state index contributed by atoms with van der Waals surface area (Å²) < 4.78 is 23.7. The molecule has 1 amide bonds. The molecule has 6 heteroatoms. The van der Waals surface area contributed by atoms with Crippen molar-refractivity contribution in [1.82, 2.24) is 0 Å². The molecule has 0 heterocycles. The molecule has 23 heavy (non-hydrogen) atoms. The minimum Gasteiger partial charge on any atom is -0.493 e. The SMILES string of the molecule is CCOc1c(Cl)cc(C(=O)Nc2ccc(F)cc2C)cc1OC. The molecule has 0 fully saturated rings. The number of aryl methyl sites for hydroxylation is 1. The maximum absolute atomic E-state index is 13.1. The van der Waals surface area contributed by atoms with Crippen LogP contribution in [0.4, 0.5) is 10.1 Å². The number of benzene rings is 2. The van der Waals surface area contributed by atoms with Gasteiger partial charge < -0.3 is 14.8 Å². The van der Waals surface area contributed by atoms with Crippen LogP contribution >= 0.6 is 11.6 Å². The topological polar surface area (TPSA) is 47.6 Å². The van der Waals surface area contributed by atoms with Crippen LogP contribution in [0.2, 0.25) is 5.02 Å². The van der Waals surface area contributed by atoms with Gasteiger partial charge in [0, 0.05) is 11.3 Å². The summed E-state index contributed by atoms with van der Waals surface area (Å²) in [4.78, 5) is 12.4. The van der Waals surface area contributed by atoms with Gasteiger partial charge in [0.2, 0.25) is 0 Å². The van der Waals surface area contributed by atoms with Crippen LogP contribution in [0, 0.1) is 12.7 Å². The third-order valence-corrected chi connectivity index (χ3v) is 3.50. The van der Waals surface area contributed by atoms with E-state index in [0.717, 1.165) is 0 Å². The van der Waals surface area contributed by atoms with Crippen molar-refractivity contribution in [3.05, 3.63) is 52.3 Å². The number of nitrogens with one attached hydrogen (secondary N) is 1. The Kier molecular flexibility index (Phi) is 5.45. The first-order chi connectivity index (χ1) is 11.0. The highest BCUT2D eigenvalue weighted by Gasteiger charge is 2.16. The zero-order chi connectivity index (χ0) is 17.0. The van der Waals surface area contributed by atoms with Gasteiger partial charge in [-0.3, -0.25) is 4.79 Å². The molecule has 4 nitrogen and oxygen atoms in total. The highest BCUT2D eigenvalue weighted by atomic mass is 35.5. The van der Waals surface area contributed by atoms with Crippen LogP contribution in [0.3, 0.4) is 0 Å². The van der Waals surface area contributed by atoms with Gasteiger partial charge in [-0.25, -0.2) is 4.39 Å². The van der Waals surface area contributed by atoms with Crippen molar-refractivity contribution in [1.29, 1.82) is 0 Å². The summed E-state index contributed by atoms with van der Waals surface area (Å²) in [6, 6.07) is 7.19. The largest absolute Gasteiger partial charge is 0.493 e. The van der Waals surface area contributed by atoms with Crippen LogP contribution < -0.4 is 14.8 Å². The molecule has 0 unspecified atom stereocenters. The summed E-state index contributed by atoms with van der Waals surface area (Å²) in [6.45, 7) is 3.97. The number of amides is 1. The first-order valence-electron chi connectivity index (χ1n) is 7.04. The minimum atomic E-state index is -0.372. The van der Waals surface area contributed by atoms with Crippen molar-refractivity contribution in [2.24, 2.45) is 0 Å². The van der Waals surface area contributed by atoms with Gasteiger partial charge in [-0.05, 0) is 49.7 Å². The van der Waals surface area contributed by atoms with E-state index in [-0.39, 0.29) is 16.7 Å². The lowest BCUT2D eigenvalue weighted by Gasteiger charge is -2.14. The highest BCUT2D eigenvalue weighted by molar-refractivity contribution is 6.32. The summed E-state index contributed by atoms with van der Waals surface area (Å²) in [7, 11) is 1.47. The molecule has 0 saturated carbocycles. The minimum absolute atomic E-state index is 0.284. The molecule has 0 radical (unpaired) electrons. The maximum atomic E-state index is 13.1. The van der Waals surface area contributed by atoms with Gasteiger partial charge in [0.1, 0.15) is 5.82 Å². The van der Waals surface area contributed by atoms with Crippen molar-refractivity contribution < 1.29 is 18.7 Å². The summed E-state index contributed by atoms with van der Waals surface area (Å²) in [5.74, 6) is 0.0424. The molecular weight excluding hydrogens is 321 g/mol. The molecule has 0 spiro atoms. The van der Waals surface area contributed by atoms with Crippen LogP contribution in [0.5, 0.6) is 11.5 Å². The Labute approximate surface area is 139 Å². The third kappa shape index (κ3) is 3.93. The molecule has 2 aromatic rings. The van der Waals surface area contributed by atoms with E-state index in [4.69, 9.17) is 21.1 Å². The van der Waals surface area contributed by atoms with Gasteiger partial charge >= 0.3 is 0 Å². The number of ether oxygens (including phenoxy) is 2. The van der Waals surface area contributed by atoms with E-state index in [1.54, 1.807) is 13.0 Å². The van der Waals surface area contributed by atoms with E-state index in [2.05, 4.69) is 5.32 Å². The molecule has 0 saturated heterocycles. The van der Waals surface area contributed by atoms with Gasteiger partial charge in [-0.1, -0.05) is 11.6 Å². The fourth-order valence-corrected chi connectivity index (χ4v) is 2.36. The lowest BCUT2D eigenvalue weighted by atomic mass is 10.1. The number of hydrogen-bond acceptors (Lipinski definition) is 3. The van der Waals surface area contributed by atoms with Crippen molar-refractivity contribution in [3.8, 4) is 11.5 Å². The average Bonchev–Trinajstić information content (AvgIpc) is 2.51. The molecular formula is C17H17ClFNO3. The predicted octanol–water partition coefficient (Wildman–Crippen LogP) is 4.45. The molecule has 0 aliphatic carbocycles. The zero-order valence-corrected chi connectivity index (χ0v) is 13.8. The second-order valence-corrected chi connectivity index (χ2v) is 5.24. The molecule has 122 valence electrons. The van der Waals surface area contributed by atoms with E-state index < -0.39 is 0 Å². The number of methoxy groups -OCH3 is 1. The van der Waals surface area contributed by atoms with Gasteiger partial charge in [0.15, 0.2) is 11.5 Å². The standard InChI is InChI=1S/C17H17ClFNO3/c1-4-23-16-13(18)8-11(9-15(16)22-3)17(21)20-14-6-5-12(19)7-10(14)2/h5-9H,4H2,1-3H3,(H,20,21). The van der Waals surface area contributed by atoms with E-state index in [1.165, 1.54) is 31.4 Å². The van der Waals surface area contributed by atoms with Crippen molar-refractivity contribution in [2.75, 3.05) is 19.0 Å². The van der Waals surface area contributed by atoms with E-state index in [0.29, 0.717) is 34.9 Å². The van der Waals surface area contributed by atoms with Gasteiger partial charge in [0.25, 0.3) is 5.91 Å². The van der Waals surface area contributed by atoms with E-state index in [1.807, 2.05) is 6.92 Å². The fraction of sp³-hybridized carbons (Fsp3) is 0.235. The molecule has 0 aliphatic heterocycles. The van der Waals surface area contributed by atoms with Crippen LogP contribution in [0.15, 0.2) is 30.3 Å². The summed E-state index contributed by atoms with van der Waals surface area (Å²) in [5, 5.41) is 3.01. The Bertz CT molecular complexity index is 734. The molecule has 2 rings (SSSR count). The lowest BCUT2D eigenvalue weighted by Crippen LogP contribution is -2.13. The number of halogens is 2. The van der Waals surface area contributed by atoms with Crippen LogP contribution in [0.1, 0.15) is 22.8 Å². The Morgan fingerprint density at radius 3 is 2.65 bits per heavy atom. The van der Waals surface area contributed by atoms with Crippen molar-refractivity contribution in [3.63, 3.8) is 0 Å². The lowest BCUT2D eigenvalue weighted by molar-refractivity contribution is 0.102. The van der Waals surface area contributed by atoms with Crippen LogP contribution in [-0.4, -0.2) is 19.6 Å². The van der Waals surface area contributed by atoms with Crippen LogP contribution in [0.25, 0.3) is 0 Å². The Morgan fingerprint density at radius 2 is 2.04 bits per heavy atom. The number of hydrogen-bond donors (Lipinski definition) is 1. The third-order valence-electron chi connectivity index (χ3n) is 3.22. The molecule has 0 atom stereocenters. The number of rotatable bonds is 5. The van der Waals surface area contributed by atoms with E-state index in [9.17, 15) is 9.18 Å². The second kappa shape index (κ2) is 7.33. The maximum Gasteiger partial charge on any atom is 0.255 e. The van der Waals surface area contributed by atoms with Crippen molar-refractivity contribution in [2.45, 2.75) is 13.8 Å². The Morgan fingerprint density at radius 1 is 1.30 bits per heavy atom. The predicted molar refractivity (Wildman–Crippen MR) is 88.3 cm³/mol. The first kappa shape index (κ1) is 17.1. The smallest absolute Gasteiger partial charge is 0.255 e. The summed E-state index contributed by atoms with van der Waals surface area (Å²) in [5.41, 5.74) is 1.47. The second-order valence-electron chi connectivity index (χ2n) is 4.84. The molecule has 0 bridgehead atoms. The van der Waals surface area contributed by atoms with Gasteiger partial charge in [-0.2, -0.15) is 0 Å². The molecule has 2 aromatic carbocycles. The van der Waals surface area contributed by atoms with Crippen LogP contribution in [-0.2, 0) is 0 Å². The Balaban J connectivity index is 2.30. The number of carbonyl (C=O) groups is 1. The number of carbonyl (C=O) groups excluding carboxylic acids is 1. The highest BCUT2D eigenvalue weighted by Crippen LogP contribution is 2.36. The fourth-order valence-electron chi connectivity index (χ4n) is 2.10.